The Kier molecular flexibility index (Phi) is 5.94. The highest BCUT2D eigenvalue weighted by Gasteiger charge is 2.01. The van der Waals surface area contributed by atoms with Crippen LogP contribution in [0.2, 0.25) is 0 Å². The van der Waals surface area contributed by atoms with Gasteiger partial charge in [0.15, 0.2) is 0 Å². The molecule has 1 aromatic rings. The van der Waals surface area contributed by atoms with Crippen molar-refractivity contribution in [2.24, 2.45) is 4.99 Å². The molecule has 2 nitrogen and oxygen atoms in total. The molecule has 0 aliphatic rings. The third-order valence-corrected chi connectivity index (χ3v) is 2.75. The molecule has 0 atom stereocenters. The van der Waals surface area contributed by atoms with Crippen molar-refractivity contribution in [1.29, 1.82) is 0 Å². The monoisotopic (exact) mass is 234 g/mol. The minimum Gasteiger partial charge on any atom is -0.300 e. The van der Waals surface area contributed by atoms with Crippen LogP contribution < -0.4 is 0 Å². The zero-order valence-corrected chi connectivity index (χ0v) is 10.8. The van der Waals surface area contributed by atoms with Crippen molar-refractivity contribution in [1.82, 2.24) is 4.90 Å². The van der Waals surface area contributed by atoms with Gasteiger partial charge >= 0.3 is 0 Å². The van der Waals surface area contributed by atoms with Gasteiger partial charge in [-0.25, -0.2) is 4.99 Å². The molecule has 0 heterocycles. The first kappa shape index (κ1) is 13.0. The Labute approximate surface area is 103 Å². The van der Waals surface area contributed by atoms with Crippen LogP contribution in [0.5, 0.6) is 0 Å². The van der Waals surface area contributed by atoms with Crippen LogP contribution in [0.1, 0.15) is 25.0 Å². The molecule has 0 N–H and O–H groups in total. The maximum Gasteiger partial charge on any atom is 0.0743 e. The summed E-state index contributed by atoms with van der Waals surface area (Å²) in [5, 5.41) is 2.40. The van der Waals surface area contributed by atoms with Crippen molar-refractivity contribution in [2.75, 3.05) is 13.1 Å². The number of benzene rings is 1. The topological polar surface area (TPSA) is 15.6 Å². The number of aliphatic imine (C=N–C) groups is 1. The van der Waals surface area contributed by atoms with Crippen LogP contribution in [0, 0.1) is 0 Å². The Morgan fingerprint density at radius 1 is 1.25 bits per heavy atom. The lowest BCUT2D eigenvalue weighted by atomic mass is 10.1. The number of rotatable bonds is 6. The van der Waals surface area contributed by atoms with Crippen LogP contribution in [-0.2, 0) is 13.1 Å². The quantitative estimate of drug-likeness (QED) is 0.555. The fourth-order valence-corrected chi connectivity index (χ4v) is 1.72. The SMILES string of the molecule is CCN(CC)Cc1cccc(CN=C=S)c1. The summed E-state index contributed by atoms with van der Waals surface area (Å²) in [6.07, 6.45) is 0. The van der Waals surface area contributed by atoms with Gasteiger partial charge in [-0.15, -0.1) is 0 Å². The predicted molar refractivity (Wildman–Crippen MR) is 71.8 cm³/mol. The van der Waals surface area contributed by atoms with Crippen molar-refractivity contribution >= 4 is 17.4 Å². The largest absolute Gasteiger partial charge is 0.300 e. The lowest BCUT2D eigenvalue weighted by molar-refractivity contribution is 0.296. The number of thiocarbonyl (C=S) groups is 1. The molecule has 86 valence electrons. The molecule has 16 heavy (non-hydrogen) atoms. The van der Waals surface area contributed by atoms with Gasteiger partial charge < -0.3 is 0 Å². The lowest BCUT2D eigenvalue weighted by Crippen LogP contribution is -2.22. The molecular weight excluding hydrogens is 216 g/mol. The molecule has 0 aromatic heterocycles. The average molecular weight is 234 g/mol. The van der Waals surface area contributed by atoms with Gasteiger partial charge in [0.25, 0.3) is 0 Å². The van der Waals surface area contributed by atoms with Gasteiger partial charge in [-0.05, 0) is 36.4 Å². The predicted octanol–water partition coefficient (Wildman–Crippen LogP) is 3.13. The fraction of sp³-hybridized carbons (Fsp3) is 0.462. The average Bonchev–Trinajstić information content (AvgIpc) is 2.34. The van der Waals surface area contributed by atoms with Gasteiger partial charge in [-0.1, -0.05) is 38.1 Å². The second-order valence-electron chi connectivity index (χ2n) is 3.69. The van der Waals surface area contributed by atoms with E-state index < -0.39 is 0 Å². The third kappa shape index (κ3) is 4.23. The summed E-state index contributed by atoms with van der Waals surface area (Å²) in [4.78, 5) is 6.34. The van der Waals surface area contributed by atoms with Gasteiger partial charge in [-0.3, -0.25) is 4.90 Å². The molecule has 0 aliphatic heterocycles. The second kappa shape index (κ2) is 7.29. The first-order valence-corrected chi connectivity index (χ1v) is 6.04. The van der Waals surface area contributed by atoms with Crippen molar-refractivity contribution < 1.29 is 0 Å². The van der Waals surface area contributed by atoms with Gasteiger partial charge in [0, 0.05) is 6.54 Å². The number of hydrogen-bond acceptors (Lipinski definition) is 3. The minimum atomic E-state index is 0.635. The van der Waals surface area contributed by atoms with Crippen molar-refractivity contribution in [2.45, 2.75) is 26.9 Å². The lowest BCUT2D eigenvalue weighted by Gasteiger charge is -2.18. The zero-order valence-electron chi connectivity index (χ0n) is 9.94. The molecule has 3 heteroatoms. The Bertz CT molecular complexity index is 366. The molecule has 1 aromatic carbocycles. The van der Waals surface area contributed by atoms with Crippen LogP contribution >= 0.6 is 12.2 Å². The second-order valence-corrected chi connectivity index (χ2v) is 3.87. The molecule has 0 unspecified atom stereocenters. The van der Waals surface area contributed by atoms with Crippen LogP contribution in [-0.4, -0.2) is 23.2 Å². The highest BCUT2D eigenvalue weighted by molar-refractivity contribution is 7.78. The molecule has 0 amide bonds. The smallest absolute Gasteiger partial charge is 0.0743 e. The summed E-state index contributed by atoms with van der Waals surface area (Å²) in [5.74, 6) is 0. The van der Waals surface area contributed by atoms with E-state index in [-0.39, 0.29) is 0 Å². The van der Waals surface area contributed by atoms with E-state index in [1.807, 2.05) is 0 Å². The van der Waals surface area contributed by atoms with Gasteiger partial charge in [0.1, 0.15) is 0 Å². The summed E-state index contributed by atoms with van der Waals surface area (Å²) in [7, 11) is 0. The van der Waals surface area contributed by atoms with E-state index in [4.69, 9.17) is 0 Å². The first-order chi connectivity index (χ1) is 7.80. The molecular formula is C13H18N2S. The third-order valence-electron chi connectivity index (χ3n) is 2.62. The van der Waals surface area contributed by atoms with Crippen LogP contribution in [0.15, 0.2) is 29.3 Å². The Morgan fingerprint density at radius 3 is 2.56 bits per heavy atom. The molecule has 0 saturated carbocycles. The summed E-state index contributed by atoms with van der Waals surface area (Å²) in [6, 6.07) is 8.49. The first-order valence-electron chi connectivity index (χ1n) is 5.64. The molecule has 0 radical (unpaired) electrons. The van der Waals surface area contributed by atoms with Gasteiger partial charge in [0.2, 0.25) is 0 Å². The fourth-order valence-electron chi connectivity index (χ4n) is 1.66. The molecule has 0 aliphatic carbocycles. The van der Waals surface area contributed by atoms with Gasteiger partial charge in [0.05, 0.1) is 11.7 Å². The van der Waals surface area contributed by atoms with Crippen molar-refractivity contribution in [3.05, 3.63) is 35.4 Å². The van der Waals surface area contributed by atoms with Crippen LogP contribution in [0.3, 0.4) is 0 Å². The van der Waals surface area contributed by atoms with E-state index in [1.54, 1.807) is 0 Å². The van der Waals surface area contributed by atoms with Gasteiger partial charge in [-0.2, -0.15) is 0 Å². The summed E-state index contributed by atoms with van der Waals surface area (Å²) >= 11 is 4.57. The number of hydrogen-bond donors (Lipinski definition) is 0. The minimum absolute atomic E-state index is 0.635. The zero-order chi connectivity index (χ0) is 11.8. The molecule has 0 bridgehead atoms. The van der Waals surface area contributed by atoms with E-state index in [2.05, 4.69) is 65.4 Å². The molecule has 1 rings (SSSR count). The Morgan fingerprint density at radius 2 is 1.94 bits per heavy atom. The Hall–Kier alpha value is -1.02. The number of isothiocyanates is 1. The highest BCUT2D eigenvalue weighted by atomic mass is 32.1. The van der Waals surface area contributed by atoms with E-state index in [1.165, 1.54) is 11.1 Å². The van der Waals surface area contributed by atoms with E-state index in [9.17, 15) is 0 Å². The highest BCUT2D eigenvalue weighted by Crippen LogP contribution is 2.09. The van der Waals surface area contributed by atoms with Crippen LogP contribution in [0.4, 0.5) is 0 Å². The van der Waals surface area contributed by atoms with Crippen LogP contribution in [0.25, 0.3) is 0 Å². The van der Waals surface area contributed by atoms with E-state index >= 15 is 0 Å². The van der Waals surface area contributed by atoms with Crippen molar-refractivity contribution in [3.8, 4) is 0 Å². The normalized spacial score (nSPS) is 10.2. The standard InChI is InChI=1S/C13H18N2S/c1-3-15(4-2)10-13-7-5-6-12(8-13)9-14-11-16/h5-8H,3-4,9-10H2,1-2H3. The van der Waals surface area contributed by atoms with Crippen molar-refractivity contribution in [3.63, 3.8) is 0 Å². The maximum absolute atomic E-state index is 4.57. The summed E-state index contributed by atoms with van der Waals surface area (Å²) < 4.78 is 0. The molecule has 0 fully saturated rings. The maximum atomic E-state index is 4.57. The summed E-state index contributed by atoms with van der Waals surface area (Å²) in [5.41, 5.74) is 2.53. The van der Waals surface area contributed by atoms with E-state index in [0.29, 0.717) is 6.54 Å². The number of nitrogens with zero attached hydrogens (tertiary/aromatic N) is 2. The Balaban J connectivity index is 2.69. The summed E-state index contributed by atoms with van der Waals surface area (Å²) in [6.45, 7) is 8.17. The molecule has 0 spiro atoms. The van der Waals surface area contributed by atoms with E-state index in [0.717, 1.165) is 19.6 Å². The molecule has 0 saturated heterocycles.